The molecule has 2 aromatic heterocycles. The zero-order valence-electron chi connectivity index (χ0n) is 12.2. The van der Waals surface area contributed by atoms with Crippen molar-refractivity contribution >= 4 is 28.1 Å². The number of hydrogen-bond acceptors (Lipinski definition) is 4. The van der Waals surface area contributed by atoms with E-state index in [2.05, 4.69) is 31.4 Å². The lowest BCUT2D eigenvalue weighted by molar-refractivity contribution is 0.0954. The Hall–Kier alpha value is -2.80. The molecule has 1 amide bonds. The Morgan fingerprint density at radius 1 is 1.25 bits per heavy atom. The first-order valence-electron chi connectivity index (χ1n) is 6.92. The minimum Gasteiger partial charge on any atom is -0.455 e. The highest BCUT2D eigenvalue weighted by Crippen LogP contribution is 2.24. The van der Waals surface area contributed by atoms with Crippen molar-refractivity contribution in [3.8, 4) is 11.3 Å². The molecular formula is C17H11BrFN3O2. The molecule has 0 atom stereocenters. The number of rotatable bonds is 4. The van der Waals surface area contributed by atoms with Gasteiger partial charge in [0.05, 0.1) is 17.3 Å². The van der Waals surface area contributed by atoms with Gasteiger partial charge >= 0.3 is 0 Å². The second-order valence-electron chi connectivity index (χ2n) is 4.77. The van der Waals surface area contributed by atoms with Crippen LogP contribution in [0.3, 0.4) is 0 Å². The lowest BCUT2D eigenvalue weighted by atomic mass is 10.1. The number of nitrogens with zero attached hydrogens (tertiary/aromatic N) is 2. The van der Waals surface area contributed by atoms with Crippen molar-refractivity contribution in [3.05, 3.63) is 76.5 Å². The third-order valence-corrected chi connectivity index (χ3v) is 3.52. The average molecular weight is 388 g/mol. The molecule has 0 aliphatic rings. The average Bonchev–Trinajstić information content (AvgIpc) is 3.04. The number of carbonyl (C=O) groups excluding carboxylic acids is 1. The fourth-order valence-corrected chi connectivity index (χ4v) is 2.35. The van der Waals surface area contributed by atoms with E-state index in [0.717, 1.165) is 0 Å². The normalized spacial score (nSPS) is 10.9. The molecule has 0 aliphatic carbocycles. The molecule has 0 saturated heterocycles. The van der Waals surface area contributed by atoms with Gasteiger partial charge < -0.3 is 4.42 Å². The van der Waals surface area contributed by atoms with Gasteiger partial charge in [0, 0.05) is 16.9 Å². The number of furan rings is 1. The molecular weight excluding hydrogens is 377 g/mol. The van der Waals surface area contributed by atoms with Crippen LogP contribution < -0.4 is 5.43 Å². The molecule has 0 bridgehead atoms. The molecule has 0 spiro atoms. The Bertz CT molecular complexity index is 908. The van der Waals surface area contributed by atoms with Gasteiger partial charge in [0.15, 0.2) is 0 Å². The van der Waals surface area contributed by atoms with Gasteiger partial charge in [-0.1, -0.05) is 12.1 Å². The molecule has 5 nitrogen and oxygen atoms in total. The van der Waals surface area contributed by atoms with E-state index in [1.165, 1.54) is 18.5 Å². The standard InChI is InChI=1S/C17H11BrFN3O2/c18-12-7-11(8-20-9-12)17(23)22-21-10-13-5-6-16(24-13)14-3-1-2-4-15(14)19/h1-10H,(H,22,23)/b21-10+. The van der Waals surface area contributed by atoms with Crippen molar-refractivity contribution in [1.29, 1.82) is 0 Å². The van der Waals surface area contributed by atoms with E-state index in [1.807, 2.05) is 0 Å². The largest absolute Gasteiger partial charge is 0.455 e. The van der Waals surface area contributed by atoms with Crippen LogP contribution in [0.1, 0.15) is 16.1 Å². The zero-order valence-corrected chi connectivity index (χ0v) is 13.8. The molecule has 0 radical (unpaired) electrons. The highest BCUT2D eigenvalue weighted by Gasteiger charge is 2.08. The topological polar surface area (TPSA) is 67.5 Å². The first-order valence-corrected chi connectivity index (χ1v) is 7.71. The van der Waals surface area contributed by atoms with Crippen molar-refractivity contribution in [3.63, 3.8) is 0 Å². The van der Waals surface area contributed by atoms with Crippen LogP contribution >= 0.6 is 15.9 Å². The van der Waals surface area contributed by atoms with Gasteiger partial charge in [0.2, 0.25) is 0 Å². The van der Waals surface area contributed by atoms with Crippen LogP contribution in [0.4, 0.5) is 4.39 Å². The summed E-state index contributed by atoms with van der Waals surface area (Å²) >= 11 is 3.24. The zero-order chi connectivity index (χ0) is 16.9. The Morgan fingerprint density at radius 2 is 2.08 bits per heavy atom. The summed E-state index contributed by atoms with van der Waals surface area (Å²) in [4.78, 5) is 15.8. The number of aromatic nitrogens is 1. The van der Waals surface area contributed by atoms with Crippen LogP contribution in [0.5, 0.6) is 0 Å². The molecule has 1 N–H and O–H groups in total. The number of nitrogens with one attached hydrogen (secondary N) is 1. The van der Waals surface area contributed by atoms with Crippen molar-refractivity contribution < 1.29 is 13.6 Å². The lowest BCUT2D eigenvalue weighted by Crippen LogP contribution is -2.17. The van der Waals surface area contributed by atoms with Gasteiger partial charge in [-0.25, -0.2) is 9.82 Å². The van der Waals surface area contributed by atoms with E-state index in [4.69, 9.17) is 4.42 Å². The SMILES string of the molecule is O=C(N/N=C/c1ccc(-c2ccccc2F)o1)c1cncc(Br)c1. The fourth-order valence-electron chi connectivity index (χ4n) is 1.98. The number of benzene rings is 1. The predicted molar refractivity (Wildman–Crippen MR) is 91.1 cm³/mol. The molecule has 0 unspecified atom stereocenters. The van der Waals surface area contributed by atoms with E-state index in [1.54, 1.807) is 42.6 Å². The minimum atomic E-state index is -0.402. The maximum Gasteiger partial charge on any atom is 0.272 e. The van der Waals surface area contributed by atoms with E-state index < -0.39 is 5.91 Å². The summed E-state index contributed by atoms with van der Waals surface area (Å²) in [5.41, 5.74) is 3.10. The van der Waals surface area contributed by atoms with Crippen molar-refractivity contribution in [2.24, 2.45) is 5.10 Å². The maximum absolute atomic E-state index is 13.7. The van der Waals surface area contributed by atoms with Gasteiger partial charge in [-0.05, 0) is 46.3 Å². The van der Waals surface area contributed by atoms with Crippen LogP contribution in [0.25, 0.3) is 11.3 Å². The van der Waals surface area contributed by atoms with E-state index in [-0.39, 0.29) is 5.82 Å². The number of carbonyl (C=O) groups is 1. The summed E-state index contributed by atoms with van der Waals surface area (Å²) in [6.45, 7) is 0. The summed E-state index contributed by atoms with van der Waals surface area (Å²) < 4.78 is 19.9. The minimum absolute atomic E-state index is 0.362. The summed E-state index contributed by atoms with van der Waals surface area (Å²) in [5, 5.41) is 3.82. The number of hydrazone groups is 1. The van der Waals surface area contributed by atoms with Crippen molar-refractivity contribution in [2.75, 3.05) is 0 Å². The van der Waals surface area contributed by atoms with Crippen LogP contribution in [0.2, 0.25) is 0 Å². The van der Waals surface area contributed by atoms with Crippen molar-refractivity contribution in [2.45, 2.75) is 0 Å². The molecule has 24 heavy (non-hydrogen) atoms. The monoisotopic (exact) mass is 387 g/mol. The molecule has 0 saturated carbocycles. The van der Waals surface area contributed by atoms with Gasteiger partial charge in [-0.3, -0.25) is 9.78 Å². The Kier molecular flexibility index (Phi) is 4.81. The lowest BCUT2D eigenvalue weighted by Gasteiger charge is -1.99. The smallest absolute Gasteiger partial charge is 0.272 e. The van der Waals surface area contributed by atoms with E-state index >= 15 is 0 Å². The molecule has 3 aromatic rings. The molecule has 120 valence electrons. The number of pyridine rings is 1. The van der Waals surface area contributed by atoms with Crippen LogP contribution in [0.15, 0.2) is 68.8 Å². The Morgan fingerprint density at radius 3 is 2.88 bits per heavy atom. The highest BCUT2D eigenvalue weighted by atomic mass is 79.9. The van der Waals surface area contributed by atoms with Gasteiger partial charge in [0.1, 0.15) is 17.3 Å². The Balaban J connectivity index is 1.68. The second kappa shape index (κ2) is 7.18. The fraction of sp³-hybridized carbons (Fsp3) is 0. The summed E-state index contributed by atoms with van der Waals surface area (Å²) in [5.74, 6) is 0.00437. The third-order valence-electron chi connectivity index (χ3n) is 3.09. The first-order chi connectivity index (χ1) is 11.6. The Labute approximate surface area is 145 Å². The highest BCUT2D eigenvalue weighted by molar-refractivity contribution is 9.10. The van der Waals surface area contributed by atoms with Crippen LogP contribution in [-0.2, 0) is 0 Å². The maximum atomic E-state index is 13.7. The summed E-state index contributed by atoms with van der Waals surface area (Å²) in [6.07, 6.45) is 4.35. The van der Waals surface area contributed by atoms with Gasteiger partial charge in [-0.2, -0.15) is 5.10 Å². The van der Waals surface area contributed by atoms with Crippen LogP contribution in [0, 0.1) is 5.82 Å². The van der Waals surface area contributed by atoms with Gasteiger partial charge in [0.25, 0.3) is 5.91 Å². The van der Waals surface area contributed by atoms with Crippen molar-refractivity contribution in [1.82, 2.24) is 10.4 Å². The third kappa shape index (κ3) is 3.75. The first kappa shape index (κ1) is 16.1. The molecule has 0 fully saturated rings. The van der Waals surface area contributed by atoms with Crippen LogP contribution in [-0.4, -0.2) is 17.1 Å². The molecule has 7 heteroatoms. The van der Waals surface area contributed by atoms with E-state index in [9.17, 15) is 9.18 Å². The second-order valence-corrected chi connectivity index (χ2v) is 5.69. The van der Waals surface area contributed by atoms with Gasteiger partial charge in [-0.15, -0.1) is 0 Å². The summed E-state index contributed by atoms with van der Waals surface area (Å²) in [7, 11) is 0. The number of halogens is 2. The predicted octanol–water partition coefficient (Wildman–Crippen LogP) is 4.01. The number of amides is 1. The molecule has 2 heterocycles. The molecule has 3 rings (SSSR count). The molecule has 0 aliphatic heterocycles. The molecule has 1 aromatic carbocycles. The number of hydrogen-bond donors (Lipinski definition) is 1. The van der Waals surface area contributed by atoms with E-state index in [0.29, 0.717) is 27.1 Å². The summed E-state index contributed by atoms with van der Waals surface area (Å²) in [6, 6.07) is 11.2. The quantitative estimate of drug-likeness (QED) is 0.543.